The summed E-state index contributed by atoms with van der Waals surface area (Å²) in [5.74, 6) is -0.996. The number of sulfonamides is 1. The lowest BCUT2D eigenvalue weighted by Gasteiger charge is -2.25. The molecule has 0 aromatic heterocycles. The van der Waals surface area contributed by atoms with Gasteiger partial charge in [-0.2, -0.15) is 0 Å². The third-order valence-electron chi connectivity index (χ3n) is 3.60. The number of amides is 2. The van der Waals surface area contributed by atoms with E-state index in [1.54, 1.807) is 11.0 Å². The zero-order valence-electron chi connectivity index (χ0n) is 11.3. The predicted molar refractivity (Wildman–Crippen MR) is 69.3 cm³/mol. The van der Waals surface area contributed by atoms with Gasteiger partial charge in [0.2, 0.25) is 21.8 Å². The van der Waals surface area contributed by atoms with Gasteiger partial charge in [0.25, 0.3) is 0 Å². The highest BCUT2D eigenvalue weighted by atomic mass is 32.2. The first-order chi connectivity index (χ1) is 8.79. The van der Waals surface area contributed by atoms with Crippen molar-refractivity contribution < 1.29 is 18.0 Å². The lowest BCUT2D eigenvalue weighted by molar-refractivity contribution is -0.131. The van der Waals surface area contributed by atoms with Gasteiger partial charge in [0.1, 0.15) is 0 Å². The molecule has 2 aliphatic rings. The van der Waals surface area contributed by atoms with Gasteiger partial charge >= 0.3 is 0 Å². The first-order valence-electron chi connectivity index (χ1n) is 6.30. The van der Waals surface area contributed by atoms with E-state index >= 15 is 0 Å². The fourth-order valence-electron chi connectivity index (χ4n) is 2.90. The first-order valence-corrected chi connectivity index (χ1v) is 8.15. The Labute approximate surface area is 113 Å². The molecule has 0 bridgehead atoms. The smallest absolute Gasteiger partial charge is 0.246 e. The zero-order valence-corrected chi connectivity index (χ0v) is 12.1. The van der Waals surface area contributed by atoms with E-state index in [-0.39, 0.29) is 5.91 Å². The summed E-state index contributed by atoms with van der Waals surface area (Å²) in [5, 5.41) is 0. The van der Waals surface area contributed by atoms with Gasteiger partial charge in [0, 0.05) is 13.5 Å². The predicted octanol–water partition coefficient (Wildman–Crippen LogP) is 0.319. The molecule has 2 heterocycles. The average molecular weight is 286 g/mol. The Hall–Kier alpha value is -1.37. The second kappa shape index (κ2) is 4.63. The average Bonchev–Trinajstić information content (AvgIpc) is 2.77. The maximum absolute atomic E-state index is 12.3. The summed E-state index contributed by atoms with van der Waals surface area (Å²) in [5.41, 5.74) is 0.446. The molecule has 0 saturated carbocycles. The Morgan fingerprint density at radius 3 is 2.58 bits per heavy atom. The molecule has 1 saturated heterocycles. The zero-order chi connectivity index (χ0) is 14.4. The number of hydrogen-bond acceptors (Lipinski definition) is 4. The minimum Gasteiger partial charge on any atom is -0.330 e. The van der Waals surface area contributed by atoms with E-state index in [2.05, 4.69) is 0 Å². The third kappa shape index (κ3) is 2.16. The summed E-state index contributed by atoms with van der Waals surface area (Å²) in [6.07, 6.45) is 4.04. The number of nitrogens with zero attached hydrogens (tertiary/aromatic N) is 2. The van der Waals surface area contributed by atoms with Crippen molar-refractivity contribution in [3.05, 3.63) is 11.8 Å². The Morgan fingerprint density at radius 2 is 2.11 bits per heavy atom. The quantitative estimate of drug-likeness (QED) is 0.749. The van der Waals surface area contributed by atoms with Crippen molar-refractivity contribution in [1.29, 1.82) is 0 Å². The van der Waals surface area contributed by atoms with Crippen molar-refractivity contribution in [2.75, 3.05) is 12.8 Å². The van der Waals surface area contributed by atoms with Crippen LogP contribution in [0.25, 0.3) is 0 Å². The van der Waals surface area contributed by atoms with Gasteiger partial charge in [-0.05, 0) is 12.5 Å². The van der Waals surface area contributed by atoms with Crippen LogP contribution in [0.3, 0.4) is 0 Å². The molecule has 0 aromatic carbocycles. The van der Waals surface area contributed by atoms with E-state index in [1.807, 2.05) is 6.92 Å². The largest absolute Gasteiger partial charge is 0.330 e. The van der Waals surface area contributed by atoms with Crippen LogP contribution in [-0.4, -0.2) is 48.3 Å². The fraction of sp³-hybridized carbons (Fsp3) is 0.667. The third-order valence-corrected chi connectivity index (χ3v) is 4.66. The van der Waals surface area contributed by atoms with Crippen molar-refractivity contribution in [3.8, 4) is 0 Å². The minimum absolute atomic E-state index is 0.138. The van der Waals surface area contributed by atoms with Gasteiger partial charge in [-0.3, -0.25) is 9.59 Å². The first kappa shape index (κ1) is 14.0. The second-order valence-electron chi connectivity index (χ2n) is 5.01. The van der Waals surface area contributed by atoms with Crippen molar-refractivity contribution in [3.63, 3.8) is 0 Å². The van der Waals surface area contributed by atoms with Crippen LogP contribution in [-0.2, 0) is 19.6 Å². The second-order valence-corrected chi connectivity index (χ2v) is 6.84. The molecule has 2 amide bonds. The van der Waals surface area contributed by atoms with Crippen LogP contribution < -0.4 is 0 Å². The van der Waals surface area contributed by atoms with Gasteiger partial charge in [-0.25, -0.2) is 12.7 Å². The Balaban J connectivity index is 2.45. The van der Waals surface area contributed by atoms with Crippen LogP contribution in [0.2, 0.25) is 0 Å². The molecular weight excluding hydrogens is 268 g/mol. The molecule has 0 aliphatic carbocycles. The number of carbonyl (C=O) groups is 2. The van der Waals surface area contributed by atoms with Gasteiger partial charge in [0.15, 0.2) is 0 Å². The van der Waals surface area contributed by atoms with Gasteiger partial charge in [0.05, 0.1) is 23.9 Å². The topological polar surface area (TPSA) is 74.8 Å². The molecule has 19 heavy (non-hydrogen) atoms. The molecule has 2 rings (SSSR count). The van der Waals surface area contributed by atoms with Crippen molar-refractivity contribution in [1.82, 2.24) is 9.21 Å². The molecule has 0 N–H and O–H groups in total. The van der Waals surface area contributed by atoms with Crippen LogP contribution in [0.4, 0.5) is 0 Å². The molecule has 2 atom stereocenters. The highest BCUT2D eigenvalue weighted by Gasteiger charge is 2.52. The maximum Gasteiger partial charge on any atom is 0.246 e. The molecule has 7 heteroatoms. The highest BCUT2D eigenvalue weighted by molar-refractivity contribution is 7.89. The van der Waals surface area contributed by atoms with E-state index in [0.29, 0.717) is 18.7 Å². The van der Waals surface area contributed by atoms with Gasteiger partial charge < -0.3 is 4.90 Å². The standard InChI is InChI=1S/C12H18N2O4S/c1-4-5-9-11-10(6-7-13(11)8(2)15)14(12(9)16)19(3,17)18/h6,9,11H,4-5,7H2,1-3H3/t9-,11-/m1/s1. The lowest BCUT2D eigenvalue weighted by Crippen LogP contribution is -2.39. The summed E-state index contributed by atoms with van der Waals surface area (Å²) in [7, 11) is -3.63. The molecule has 0 unspecified atom stereocenters. The molecule has 0 radical (unpaired) electrons. The normalized spacial score (nSPS) is 26.7. The number of rotatable bonds is 3. The van der Waals surface area contributed by atoms with Gasteiger partial charge in [-0.1, -0.05) is 13.3 Å². The van der Waals surface area contributed by atoms with Crippen LogP contribution in [0.1, 0.15) is 26.7 Å². The Bertz CT molecular complexity index is 552. The molecule has 0 aromatic rings. The summed E-state index contributed by atoms with van der Waals surface area (Å²) >= 11 is 0. The van der Waals surface area contributed by atoms with E-state index in [9.17, 15) is 18.0 Å². The Morgan fingerprint density at radius 1 is 1.47 bits per heavy atom. The number of fused-ring (bicyclic) bond motifs is 1. The van der Waals surface area contributed by atoms with Crippen molar-refractivity contribution >= 4 is 21.8 Å². The van der Waals surface area contributed by atoms with E-state index in [4.69, 9.17) is 0 Å². The van der Waals surface area contributed by atoms with E-state index in [0.717, 1.165) is 17.0 Å². The van der Waals surface area contributed by atoms with Crippen LogP contribution in [0, 0.1) is 5.92 Å². The molecular formula is C12H18N2O4S. The molecule has 0 spiro atoms. The summed E-state index contributed by atoms with van der Waals surface area (Å²) in [4.78, 5) is 25.5. The lowest BCUT2D eigenvalue weighted by atomic mass is 9.96. The van der Waals surface area contributed by atoms with Gasteiger partial charge in [-0.15, -0.1) is 0 Å². The van der Waals surface area contributed by atoms with Crippen LogP contribution in [0.15, 0.2) is 11.8 Å². The van der Waals surface area contributed by atoms with E-state index in [1.165, 1.54) is 6.92 Å². The SMILES string of the molecule is CCC[C@H]1C(=O)N(S(C)(=O)=O)C2=CCN(C(C)=O)[C@@H]21. The number of hydrogen-bond donors (Lipinski definition) is 0. The molecule has 6 nitrogen and oxygen atoms in total. The monoisotopic (exact) mass is 286 g/mol. The summed E-state index contributed by atoms with van der Waals surface area (Å²) in [6.45, 7) is 3.75. The van der Waals surface area contributed by atoms with Crippen molar-refractivity contribution in [2.24, 2.45) is 5.92 Å². The maximum atomic E-state index is 12.3. The molecule has 106 valence electrons. The minimum atomic E-state index is -3.63. The van der Waals surface area contributed by atoms with Crippen LogP contribution in [0.5, 0.6) is 0 Å². The highest BCUT2D eigenvalue weighted by Crippen LogP contribution is 2.39. The molecule has 2 aliphatic heterocycles. The summed E-state index contributed by atoms with van der Waals surface area (Å²) < 4.78 is 24.4. The summed E-state index contributed by atoms with van der Waals surface area (Å²) in [6, 6.07) is -0.417. The number of carbonyl (C=O) groups excluding carboxylic acids is 2. The van der Waals surface area contributed by atoms with Crippen LogP contribution >= 0.6 is 0 Å². The van der Waals surface area contributed by atoms with E-state index < -0.39 is 27.9 Å². The fourth-order valence-corrected chi connectivity index (χ4v) is 3.92. The molecule has 1 fully saturated rings. The Kier molecular flexibility index (Phi) is 3.42. The van der Waals surface area contributed by atoms with Crippen molar-refractivity contribution in [2.45, 2.75) is 32.7 Å².